The third-order valence-electron chi connectivity index (χ3n) is 5.31. The predicted octanol–water partition coefficient (Wildman–Crippen LogP) is 2.73. The molecule has 7 nitrogen and oxygen atoms in total. The van der Waals surface area contributed by atoms with Gasteiger partial charge in [0.2, 0.25) is 11.8 Å². The van der Waals surface area contributed by atoms with Crippen LogP contribution in [0, 0.1) is 5.41 Å². The van der Waals surface area contributed by atoms with E-state index < -0.39 is 11.7 Å². The number of hydrogen-bond donors (Lipinski definition) is 2. The van der Waals surface area contributed by atoms with Gasteiger partial charge in [0.15, 0.2) is 0 Å². The van der Waals surface area contributed by atoms with Gasteiger partial charge in [0.25, 0.3) is 0 Å². The van der Waals surface area contributed by atoms with E-state index in [0.29, 0.717) is 19.4 Å². The average Bonchev–Trinajstić information content (AvgIpc) is 2.59. The van der Waals surface area contributed by atoms with Crippen molar-refractivity contribution < 1.29 is 19.1 Å². The molecule has 28 heavy (non-hydrogen) atoms. The lowest BCUT2D eigenvalue weighted by Gasteiger charge is -2.43. The second kappa shape index (κ2) is 7.81. The van der Waals surface area contributed by atoms with Crippen molar-refractivity contribution in [2.24, 2.45) is 5.41 Å². The fourth-order valence-electron chi connectivity index (χ4n) is 3.89. The molecule has 7 heteroatoms. The molecule has 2 fully saturated rings. The van der Waals surface area contributed by atoms with Crippen LogP contribution in [0.3, 0.4) is 0 Å². The SMILES string of the molecule is CC(C)(C)OC(=O)NCc1ccc(N2CCC3(CC2)CC(=O)NC(=O)C3)cc1. The highest BCUT2D eigenvalue weighted by Gasteiger charge is 2.41. The van der Waals surface area contributed by atoms with Gasteiger partial charge in [-0.3, -0.25) is 14.9 Å². The number of carbonyl (C=O) groups excluding carboxylic acids is 3. The second-order valence-electron chi connectivity index (χ2n) is 8.83. The molecule has 2 N–H and O–H groups in total. The Morgan fingerprint density at radius 1 is 1.11 bits per heavy atom. The number of nitrogens with zero attached hydrogens (tertiary/aromatic N) is 1. The van der Waals surface area contributed by atoms with Crippen molar-refractivity contribution in [3.63, 3.8) is 0 Å². The maximum Gasteiger partial charge on any atom is 0.407 e. The fourth-order valence-corrected chi connectivity index (χ4v) is 3.89. The Balaban J connectivity index is 1.51. The van der Waals surface area contributed by atoms with E-state index in [2.05, 4.69) is 15.5 Å². The minimum atomic E-state index is -0.511. The zero-order chi connectivity index (χ0) is 20.4. The zero-order valence-electron chi connectivity index (χ0n) is 16.8. The van der Waals surface area contributed by atoms with Crippen molar-refractivity contribution in [2.75, 3.05) is 18.0 Å². The van der Waals surface area contributed by atoms with E-state index in [-0.39, 0.29) is 17.2 Å². The average molecular weight is 387 g/mol. The van der Waals surface area contributed by atoms with E-state index in [1.54, 1.807) is 0 Å². The lowest BCUT2D eigenvalue weighted by molar-refractivity contribution is -0.138. The number of benzene rings is 1. The summed E-state index contributed by atoms with van der Waals surface area (Å²) in [5.74, 6) is -0.293. The molecular weight excluding hydrogens is 358 g/mol. The van der Waals surface area contributed by atoms with Gasteiger partial charge in [-0.25, -0.2) is 4.79 Å². The van der Waals surface area contributed by atoms with Gasteiger partial charge < -0.3 is 15.0 Å². The fraction of sp³-hybridized carbons (Fsp3) is 0.571. The molecule has 3 amide bonds. The number of carbonyl (C=O) groups is 3. The number of piperidine rings is 2. The summed E-state index contributed by atoms with van der Waals surface area (Å²) in [6, 6.07) is 8.08. The highest BCUT2D eigenvalue weighted by Crippen LogP contribution is 2.41. The summed E-state index contributed by atoms with van der Waals surface area (Å²) in [6.45, 7) is 7.57. The van der Waals surface area contributed by atoms with Gasteiger partial charge in [-0.15, -0.1) is 0 Å². The predicted molar refractivity (Wildman–Crippen MR) is 106 cm³/mol. The van der Waals surface area contributed by atoms with Gasteiger partial charge in [-0.2, -0.15) is 0 Å². The minimum Gasteiger partial charge on any atom is -0.444 e. The quantitative estimate of drug-likeness (QED) is 0.779. The number of hydrogen-bond acceptors (Lipinski definition) is 5. The lowest BCUT2D eigenvalue weighted by Crippen LogP contribution is -2.50. The molecule has 0 aromatic heterocycles. The first-order chi connectivity index (χ1) is 13.1. The highest BCUT2D eigenvalue weighted by atomic mass is 16.6. The molecule has 2 heterocycles. The van der Waals surface area contributed by atoms with Crippen molar-refractivity contribution in [1.29, 1.82) is 0 Å². The summed E-state index contributed by atoms with van der Waals surface area (Å²) in [5.41, 5.74) is 1.43. The Kier molecular flexibility index (Phi) is 5.63. The zero-order valence-corrected chi connectivity index (χ0v) is 16.8. The number of amides is 3. The Morgan fingerprint density at radius 3 is 2.21 bits per heavy atom. The summed E-state index contributed by atoms with van der Waals surface area (Å²) in [6.07, 6.45) is 2.15. The maximum atomic E-state index is 11.7. The molecule has 152 valence electrons. The van der Waals surface area contributed by atoms with Crippen LogP contribution in [0.25, 0.3) is 0 Å². The van der Waals surface area contributed by atoms with Crippen LogP contribution in [0.1, 0.15) is 52.0 Å². The third kappa shape index (κ3) is 5.24. The number of nitrogens with one attached hydrogen (secondary N) is 2. The van der Waals surface area contributed by atoms with E-state index in [9.17, 15) is 14.4 Å². The molecule has 2 aliphatic heterocycles. The molecule has 0 aliphatic carbocycles. The largest absolute Gasteiger partial charge is 0.444 e. The molecule has 2 aliphatic rings. The molecule has 1 spiro atoms. The van der Waals surface area contributed by atoms with Crippen molar-refractivity contribution in [3.05, 3.63) is 29.8 Å². The first kappa shape index (κ1) is 20.2. The van der Waals surface area contributed by atoms with E-state index >= 15 is 0 Å². The second-order valence-corrected chi connectivity index (χ2v) is 8.83. The van der Waals surface area contributed by atoms with Crippen LogP contribution >= 0.6 is 0 Å². The van der Waals surface area contributed by atoms with E-state index in [1.165, 1.54) is 0 Å². The first-order valence-electron chi connectivity index (χ1n) is 9.78. The number of ether oxygens (including phenoxy) is 1. The van der Waals surface area contributed by atoms with Crippen LogP contribution in [0.4, 0.5) is 10.5 Å². The Morgan fingerprint density at radius 2 is 1.68 bits per heavy atom. The molecular formula is C21H29N3O4. The Bertz CT molecular complexity index is 726. The van der Waals surface area contributed by atoms with Gasteiger partial charge in [0, 0.05) is 38.2 Å². The number of imide groups is 1. The highest BCUT2D eigenvalue weighted by molar-refractivity contribution is 5.98. The maximum absolute atomic E-state index is 11.7. The molecule has 1 aromatic rings. The molecule has 1 aromatic carbocycles. The van der Waals surface area contributed by atoms with Crippen molar-refractivity contribution in [3.8, 4) is 0 Å². The molecule has 0 saturated carbocycles. The van der Waals surface area contributed by atoms with Crippen LogP contribution < -0.4 is 15.5 Å². The van der Waals surface area contributed by atoms with E-state index in [0.717, 1.165) is 37.2 Å². The summed E-state index contributed by atoms with van der Waals surface area (Å²) >= 11 is 0. The van der Waals surface area contributed by atoms with Crippen LogP contribution in [0.5, 0.6) is 0 Å². The van der Waals surface area contributed by atoms with Crippen molar-refractivity contribution >= 4 is 23.6 Å². The number of anilines is 1. The van der Waals surface area contributed by atoms with E-state index in [1.807, 2.05) is 45.0 Å². The van der Waals surface area contributed by atoms with Crippen LogP contribution in [0.15, 0.2) is 24.3 Å². The summed E-state index contributed by atoms with van der Waals surface area (Å²) in [5, 5.41) is 5.16. The van der Waals surface area contributed by atoms with Crippen LogP contribution in [-0.4, -0.2) is 36.6 Å². The molecule has 3 rings (SSSR count). The summed E-state index contributed by atoms with van der Waals surface area (Å²) in [7, 11) is 0. The minimum absolute atomic E-state index is 0.147. The van der Waals surface area contributed by atoms with Gasteiger partial charge in [0.1, 0.15) is 5.60 Å². The normalized spacial score (nSPS) is 19.3. The lowest BCUT2D eigenvalue weighted by atomic mass is 9.71. The van der Waals surface area contributed by atoms with E-state index in [4.69, 9.17) is 4.74 Å². The standard InChI is InChI=1S/C21H29N3O4/c1-20(2,3)28-19(27)22-14-15-4-6-16(7-5-15)24-10-8-21(9-11-24)12-17(25)23-18(26)13-21/h4-7H,8-14H2,1-3H3,(H,22,27)(H,23,25,26). The molecule has 0 radical (unpaired) electrons. The Labute approximate surface area is 165 Å². The van der Waals surface area contributed by atoms with Crippen LogP contribution in [0.2, 0.25) is 0 Å². The molecule has 0 atom stereocenters. The monoisotopic (exact) mass is 387 g/mol. The number of alkyl carbamates (subject to hydrolysis) is 1. The van der Waals surface area contributed by atoms with Gasteiger partial charge in [0.05, 0.1) is 0 Å². The molecule has 0 unspecified atom stereocenters. The summed E-state index contributed by atoms with van der Waals surface area (Å²) < 4.78 is 5.24. The Hall–Kier alpha value is -2.57. The summed E-state index contributed by atoms with van der Waals surface area (Å²) in [4.78, 5) is 37.5. The smallest absolute Gasteiger partial charge is 0.407 e. The van der Waals surface area contributed by atoms with Gasteiger partial charge >= 0.3 is 6.09 Å². The number of rotatable bonds is 3. The van der Waals surface area contributed by atoms with Gasteiger partial charge in [-0.1, -0.05) is 12.1 Å². The topological polar surface area (TPSA) is 87.7 Å². The van der Waals surface area contributed by atoms with Gasteiger partial charge in [-0.05, 0) is 56.7 Å². The first-order valence-corrected chi connectivity index (χ1v) is 9.78. The van der Waals surface area contributed by atoms with Crippen molar-refractivity contribution in [1.82, 2.24) is 10.6 Å². The van der Waals surface area contributed by atoms with Crippen molar-refractivity contribution in [2.45, 2.75) is 58.6 Å². The molecule has 2 saturated heterocycles. The van der Waals surface area contributed by atoms with Crippen LogP contribution in [-0.2, 0) is 20.9 Å². The third-order valence-corrected chi connectivity index (χ3v) is 5.31. The molecule has 0 bridgehead atoms.